The Morgan fingerprint density at radius 1 is 1.00 bits per heavy atom. The number of amides is 1. The first-order chi connectivity index (χ1) is 12.1. The van der Waals surface area contributed by atoms with Crippen LogP contribution in [0.3, 0.4) is 0 Å². The van der Waals surface area contributed by atoms with Crippen molar-refractivity contribution in [3.8, 4) is 5.75 Å². The summed E-state index contributed by atoms with van der Waals surface area (Å²) in [6.07, 6.45) is 0. The van der Waals surface area contributed by atoms with E-state index in [1.165, 1.54) is 0 Å². The van der Waals surface area contributed by atoms with Crippen molar-refractivity contribution in [2.75, 3.05) is 31.1 Å². The Bertz CT molecular complexity index is 912. The molecule has 0 spiro atoms. The standard InChI is InChI=1S/C19H18BrN3O2/c20-14-1-6-17-13(11-14)12-18(21-17)19(25)23-9-7-22(8-10-23)15-2-4-16(24)5-3-15/h1-6,11-12,21,24H,7-10H2. The topological polar surface area (TPSA) is 59.6 Å². The van der Waals surface area contributed by atoms with Crippen molar-refractivity contribution in [2.24, 2.45) is 0 Å². The first-order valence-corrected chi connectivity index (χ1v) is 9.01. The Kier molecular flexibility index (Phi) is 4.13. The molecule has 0 aliphatic carbocycles. The lowest BCUT2D eigenvalue weighted by Gasteiger charge is -2.36. The summed E-state index contributed by atoms with van der Waals surface area (Å²) < 4.78 is 1.00. The molecule has 5 nitrogen and oxygen atoms in total. The molecular weight excluding hydrogens is 382 g/mol. The van der Waals surface area contributed by atoms with Gasteiger partial charge in [-0.1, -0.05) is 15.9 Å². The number of halogens is 1. The Morgan fingerprint density at radius 2 is 1.72 bits per heavy atom. The molecular formula is C19H18BrN3O2. The van der Waals surface area contributed by atoms with Crippen LogP contribution >= 0.6 is 15.9 Å². The normalized spacial score (nSPS) is 14.9. The summed E-state index contributed by atoms with van der Waals surface area (Å²) in [5.41, 5.74) is 2.67. The lowest BCUT2D eigenvalue weighted by atomic mass is 10.2. The van der Waals surface area contributed by atoms with Crippen LogP contribution in [0.15, 0.2) is 53.0 Å². The van der Waals surface area contributed by atoms with E-state index in [4.69, 9.17) is 0 Å². The fraction of sp³-hybridized carbons (Fsp3) is 0.211. The van der Waals surface area contributed by atoms with Gasteiger partial charge in [-0.05, 0) is 48.5 Å². The van der Waals surface area contributed by atoms with E-state index in [0.717, 1.165) is 34.2 Å². The van der Waals surface area contributed by atoms with Crippen LogP contribution in [0.1, 0.15) is 10.5 Å². The number of nitrogens with one attached hydrogen (secondary N) is 1. The minimum absolute atomic E-state index is 0.0395. The molecule has 0 unspecified atom stereocenters. The van der Waals surface area contributed by atoms with Crippen molar-refractivity contribution in [3.63, 3.8) is 0 Å². The number of fused-ring (bicyclic) bond motifs is 1. The Balaban J connectivity index is 1.46. The third kappa shape index (κ3) is 3.22. The van der Waals surface area contributed by atoms with Crippen LogP contribution in [0, 0.1) is 0 Å². The van der Waals surface area contributed by atoms with Crippen molar-refractivity contribution >= 4 is 38.4 Å². The molecule has 0 saturated carbocycles. The van der Waals surface area contributed by atoms with Crippen LogP contribution in [-0.4, -0.2) is 47.1 Å². The maximum Gasteiger partial charge on any atom is 0.270 e. The minimum atomic E-state index is 0.0395. The number of phenols is 1. The molecule has 25 heavy (non-hydrogen) atoms. The summed E-state index contributed by atoms with van der Waals surface area (Å²) in [6.45, 7) is 2.92. The fourth-order valence-corrected chi connectivity index (χ4v) is 3.60. The molecule has 1 aliphatic heterocycles. The summed E-state index contributed by atoms with van der Waals surface area (Å²) in [4.78, 5) is 20.1. The molecule has 3 aromatic rings. The number of benzene rings is 2. The van der Waals surface area contributed by atoms with Gasteiger partial charge in [-0.15, -0.1) is 0 Å². The molecule has 2 heterocycles. The van der Waals surface area contributed by atoms with Crippen LogP contribution in [0.5, 0.6) is 5.75 Å². The molecule has 2 aromatic carbocycles. The largest absolute Gasteiger partial charge is 0.508 e. The SMILES string of the molecule is O=C(c1cc2cc(Br)ccc2[nH]1)N1CCN(c2ccc(O)cc2)CC1. The highest BCUT2D eigenvalue weighted by atomic mass is 79.9. The number of carbonyl (C=O) groups excluding carboxylic acids is 1. The monoisotopic (exact) mass is 399 g/mol. The third-order valence-electron chi connectivity index (χ3n) is 4.59. The van der Waals surface area contributed by atoms with Gasteiger partial charge in [0.2, 0.25) is 0 Å². The molecule has 1 aromatic heterocycles. The van der Waals surface area contributed by atoms with Crippen LogP contribution in [0.2, 0.25) is 0 Å². The minimum Gasteiger partial charge on any atom is -0.508 e. The molecule has 6 heteroatoms. The van der Waals surface area contributed by atoms with Gasteiger partial charge in [-0.2, -0.15) is 0 Å². The zero-order valence-electron chi connectivity index (χ0n) is 13.6. The molecule has 0 radical (unpaired) electrons. The number of aromatic amines is 1. The Labute approximate surface area is 154 Å². The Morgan fingerprint density at radius 3 is 2.44 bits per heavy atom. The van der Waals surface area contributed by atoms with Crippen LogP contribution in [0.25, 0.3) is 10.9 Å². The summed E-state index contributed by atoms with van der Waals surface area (Å²) in [7, 11) is 0. The van der Waals surface area contributed by atoms with Gasteiger partial charge < -0.3 is 19.9 Å². The number of aromatic nitrogens is 1. The highest BCUT2D eigenvalue weighted by Crippen LogP contribution is 2.23. The van der Waals surface area contributed by atoms with Gasteiger partial charge in [0.15, 0.2) is 0 Å². The van der Waals surface area contributed by atoms with Crippen LogP contribution < -0.4 is 4.90 Å². The number of rotatable bonds is 2. The number of hydrogen-bond acceptors (Lipinski definition) is 3. The summed E-state index contributed by atoms with van der Waals surface area (Å²) >= 11 is 3.46. The predicted octanol–water partition coefficient (Wildman–Crippen LogP) is 3.60. The number of H-pyrrole nitrogens is 1. The molecule has 0 bridgehead atoms. The molecule has 128 valence electrons. The molecule has 1 saturated heterocycles. The van der Waals surface area contributed by atoms with E-state index >= 15 is 0 Å². The van der Waals surface area contributed by atoms with Crippen molar-refractivity contribution < 1.29 is 9.90 Å². The first kappa shape index (κ1) is 16.0. The second-order valence-electron chi connectivity index (χ2n) is 6.21. The van der Waals surface area contributed by atoms with Crippen molar-refractivity contribution in [1.29, 1.82) is 0 Å². The summed E-state index contributed by atoms with van der Waals surface area (Å²) in [6, 6.07) is 15.0. The van der Waals surface area contributed by atoms with Gasteiger partial charge in [0, 0.05) is 47.2 Å². The molecule has 2 N–H and O–H groups in total. The second-order valence-corrected chi connectivity index (χ2v) is 7.13. The number of carbonyl (C=O) groups is 1. The van der Waals surface area contributed by atoms with Crippen LogP contribution in [-0.2, 0) is 0 Å². The fourth-order valence-electron chi connectivity index (χ4n) is 3.22. The zero-order valence-corrected chi connectivity index (χ0v) is 15.2. The number of nitrogens with zero attached hydrogens (tertiary/aromatic N) is 2. The van der Waals surface area contributed by atoms with E-state index < -0.39 is 0 Å². The number of anilines is 1. The van der Waals surface area contributed by atoms with Crippen molar-refractivity contribution in [2.45, 2.75) is 0 Å². The van der Waals surface area contributed by atoms with E-state index in [2.05, 4.69) is 25.8 Å². The van der Waals surface area contributed by atoms with E-state index in [-0.39, 0.29) is 11.7 Å². The van der Waals surface area contributed by atoms with Gasteiger partial charge in [0.05, 0.1) is 0 Å². The number of piperazine rings is 1. The van der Waals surface area contributed by atoms with Gasteiger partial charge in [0.25, 0.3) is 5.91 Å². The quantitative estimate of drug-likeness (QED) is 0.691. The summed E-state index contributed by atoms with van der Waals surface area (Å²) in [5, 5.41) is 10.4. The van der Waals surface area contributed by atoms with E-state index in [1.807, 2.05) is 41.3 Å². The zero-order chi connectivity index (χ0) is 17.4. The number of aromatic hydroxyl groups is 1. The van der Waals surface area contributed by atoms with Gasteiger partial charge >= 0.3 is 0 Å². The van der Waals surface area contributed by atoms with Crippen molar-refractivity contribution in [1.82, 2.24) is 9.88 Å². The van der Waals surface area contributed by atoms with Crippen LogP contribution in [0.4, 0.5) is 5.69 Å². The average molecular weight is 400 g/mol. The van der Waals surface area contributed by atoms with Gasteiger partial charge in [0.1, 0.15) is 11.4 Å². The Hall–Kier alpha value is -2.47. The van der Waals surface area contributed by atoms with Crippen molar-refractivity contribution in [3.05, 3.63) is 58.7 Å². The molecule has 4 rings (SSSR count). The molecule has 1 amide bonds. The average Bonchev–Trinajstić information content (AvgIpc) is 3.05. The molecule has 1 aliphatic rings. The predicted molar refractivity (Wildman–Crippen MR) is 102 cm³/mol. The van der Waals surface area contributed by atoms with E-state index in [9.17, 15) is 9.90 Å². The summed E-state index contributed by atoms with van der Waals surface area (Å²) in [5.74, 6) is 0.306. The van der Waals surface area contributed by atoms with Gasteiger partial charge in [-0.25, -0.2) is 0 Å². The highest BCUT2D eigenvalue weighted by Gasteiger charge is 2.23. The molecule has 0 atom stereocenters. The van der Waals surface area contributed by atoms with Gasteiger partial charge in [-0.3, -0.25) is 4.79 Å². The maximum atomic E-state index is 12.8. The first-order valence-electron chi connectivity index (χ1n) is 8.22. The number of phenolic OH excluding ortho intramolecular Hbond substituents is 1. The lowest BCUT2D eigenvalue weighted by Crippen LogP contribution is -2.48. The lowest BCUT2D eigenvalue weighted by molar-refractivity contribution is 0.0742. The smallest absolute Gasteiger partial charge is 0.270 e. The molecule has 1 fully saturated rings. The highest BCUT2D eigenvalue weighted by molar-refractivity contribution is 9.10. The second kappa shape index (κ2) is 6.44. The van der Waals surface area contributed by atoms with E-state index in [1.54, 1.807) is 12.1 Å². The third-order valence-corrected chi connectivity index (χ3v) is 5.09. The van der Waals surface area contributed by atoms with E-state index in [0.29, 0.717) is 18.8 Å². The number of hydrogen-bond donors (Lipinski definition) is 2. The maximum absolute atomic E-state index is 12.8.